The monoisotopic (exact) mass is 337 g/mol. The summed E-state index contributed by atoms with van der Waals surface area (Å²) in [6, 6.07) is 30.3. The summed E-state index contributed by atoms with van der Waals surface area (Å²) >= 11 is 0. The van der Waals surface area contributed by atoms with Crippen molar-refractivity contribution >= 4 is 23.2 Å². The van der Waals surface area contributed by atoms with Crippen molar-refractivity contribution < 1.29 is 4.39 Å². The second-order valence-electron chi connectivity index (χ2n) is 6.14. The molecule has 0 saturated carbocycles. The van der Waals surface area contributed by atoms with Crippen LogP contribution in [0, 0.1) is 0 Å². The smallest absolute Gasteiger partial charge is 0.109 e. The summed E-state index contributed by atoms with van der Waals surface area (Å²) in [6.07, 6.45) is 1.39. The SMILES string of the molecule is C[P+](c1ccccc1)(c1ccccc1)c1cccc(CCCF)c1. The Balaban J connectivity index is 2.13. The highest BCUT2D eigenvalue weighted by molar-refractivity contribution is 7.95. The first kappa shape index (κ1) is 16.9. The lowest BCUT2D eigenvalue weighted by atomic mass is 10.1. The molecule has 24 heavy (non-hydrogen) atoms. The first-order valence-electron chi connectivity index (χ1n) is 8.38. The summed E-state index contributed by atoms with van der Waals surface area (Å²) in [5.41, 5.74) is 1.23. The van der Waals surface area contributed by atoms with Gasteiger partial charge in [-0.2, -0.15) is 0 Å². The van der Waals surface area contributed by atoms with Crippen LogP contribution < -0.4 is 15.9 Å². The Labute approximate surface area is 144 Å². The van der Waals surface area contributed by atoms with E-state index in [1.165, 1.54) is 21.5 Å². The van der Waals surface area contributed by atoms with E-state index in [9.17, 15) is 4.39 Å². The molecule has 3 rings (SSSR count). The van der Waals surface area contributed by atoms with E-state index in [4.69, 9.17) is 0 Å². The van der Waals surface area contributed by atoms with Gasteiger partial charge in [0.15, 0.2) is 0 Å². The molecule has 3 aromatic carbocycles. The third-order valence-corrected chi connectivity index (χ3v) is 8.54. The predicted octanol–water partition coefficient (Wildman–Crippen LogP) is 4.51. The average molecular weight is 337 g/mol. The van der Waals surface area contributed by atoms with Crippen LogP contribution in [-0.2, 0) is 6.42 Å². The summed E-state index contributed by atoms with van der Waals surface area (Å²) in [7, 11) is -1.68. The van der Waals surface area contributed by atoms with Crippen molar-refractivity contribution in [3.63, 3.8) is 0 Å². The van der Waals surface area contributed by atoms with Gasteiger partial charge in [0.1, 0.15) is 23.2 Å². The van der Waals surface area contributed by atoms with Crippen LogP contribution in [-0.4, -0.2) is 13.3 Å². The minimum atomic E-state index is -1.68. The number of rotatable bonds is 6. The molecule has 0 aliphatic carbocycles. The van der Waals surface area contributed by atoms with Crippen molar-refractivity contribution in [2.75, 3.05) is 13.3 Å². The van der Waals surface area contributed by atoms with Gasteiger partial charge < -0.3 is 0 Å². The molecule has 0 aromatic heterocycles. The fourth-order valence-electron chi connectivity index (χ4n) is 3.16. The molecular formula is C22H23FP+. The lowest BCUT2D eigenvalue weighted by Crippen LogP contribution is -2.30. The molecule has 0 aliphatic heterocycles. The van der Waals surface area contributed by atoms with Crippen molar-refractivity contribution in [1.29, 1.82) is 0 Å². The fraction of sp³-hybridized carbons (Fsp3) is 0.182. The maximum atomic E-state index is 12.6. The molecule has 0 N–H and O–H groups in total. The molecule has 0 nitrogen and oxygen atoms in total. The summed E-state index contributed by atoms with van der Waals surface area (Å²) in [5.74, 6) is 0. The van der Waals surface area contributed by atoms with Crippen LogP contribution in [0.2, 0.25) is 0 Å². The molecule has 0 amide bonds. The summed E-state index contributed by atoms with van der Waals surface area (Å²) in [6.45, 7) is 2.12. The molecule has 0 aliphatic rings. The van der Waals surface area contributed by atoms with Gasteiger partial charge in [-0.3, -0.25) is 4.39 Å². The largest absolute Gasteiger partial charge is 0.251 e. The Morgan fingerprint density at radius 3 is 1.79 bits per heavy atom. The Morgan fingerprint density at radius 1 is 0.708 bits per heavy atom. The van der Waals surface area contributed by atoms with Gasteiger partial charge in [-0.15, -0.1) is 0 Å². The summed E-state index contributed by atoms with van der Waals surface area (Å²) in [5, 5.41) is 4.11. The first-order valence-corrected chi connectivity index (χ1v) is 10.6. The number of alkyl halides is 1. The van der Waals surface area contributed by atoms with Crippen LogP contribution in [0.1, 0.15) is 12.0 Å². The second-order valence-corrected chi connectivity index (χ2v) is 9.70. The Hall–Kier alpha value is -1.98. The molecule has 0 atom stereocenters. The molecule has 0 spiro atoms. The normalized spacial score (nSPS) is 11.4. The van der Waals surface area contributed by atoms with E-state index in [2.05, 4.69) is 91.6 Å². The third-order valence-electron chi connectivity index (χ3n) is 4.57. The van der Waals surface area contributed by atoms with E-state index in [1.54, 1.807) is 0 Å². The van der Waals surface area contributed by atoms with E-state index in [0.29, 0.717) is 6.42 Å². The Morgan fingerprint density at radius 2 is 1.25 bits per heavy atom. The Kier molecular flexibility index (Phi) is 5.43. The number of aryl methyl sites for hydroxylation is 1. The van der Waals surface area contributed by atoms with Gasteiger partial charge in [-0.25, -0.2) is 0 Å². The average Bonchev–Trinajstić information content (AvgIpc) is 2.67. The molecule has 0 fully saturated rings. The van der Waals surface area contributed by atoms with Crippen molar-refractivity contribution in [1.82, 2.24) is 0 Å². The van der Waals surface area contributed by atoms with E-state index in [1.807, 2.05) is 0 Å². The number of hydrogen-bond donors (Lipinski definition) is 0. The highest BCUT2D eigenvalue weighted by Gasteiger charge is 2.39. The van der Waals surface area contributed by atoms with Crippen LogP contribution in [0.5, 0.6) is 0 Å². The molecule has 0 heterocycles. The third kappa shape index (κ3) is 3.42. The van der Waals surface area contributed by atoms with E-state index >= 15 is 0 Å². The standard InChI is InChI=1S/C22H23FP/c1-24(20-12-4-2-5-13-20,21-14-6-3-7-15-21)22-16-8-10-19(18-22)11-9-17-23/h2-8,10,12-16,18H,9,11,17H2,1H3/q+1. The first-order chi connectivity index (χ1) is 11.7. The van der Waals surface area contributed by atoms with Gasteiger partial charge in [-0.05, 0) is 54.8 Å². The van der Waals surface area contributed by atoms with Crippen molar-refractivity contribution in [2.24, 2.45) is 0 Å². The van der Waals surface area contributed by atoms with Gasteiger partial charge in [0.2, 0.25) is 0 Å². The van der Waals surface area contributed by atoms with Gasteiger partial charge in [0, 0.05) is 0 Å². The maximum absolute atomic E-state index is 12.6. The van der Waals surface area contributed by atoms with Crippen molar-refractivity contribution in [3.8, 4) is 0 Å². The zero-order chi connectivity index (χ0) is 16.8. The highest BCUT2D eigenvalue weighted by atomic mass is 31.2. The van der Waals surface area contributed by atoms with Crippen LogP contribution >= 0.6 is 7.26 Å². The van der Waals surface area contributed by atoms with Crippen LogP contribution in [0.15, 0.2) is 84.9 Å². The van der Waals surface area contributed by atoms with Gasteiger partial charge in [-0.1, -0.05) is 48.5 Å². The number of hydrogen-bond acceptors (Lipinski definition) is 0. The summed E-state index contributed by atoms with van der Waals surface area (Å²) < 4.78 is 12.6. The van der Waals surface area contributed by atoms with Gasteiger partial charge in [0.05, 0.1) is 13.3 Å². The van der Waals surface area contributed by atoms with Crippen molar-refractivity contribution in [2.45, 2.75) is 12.8 Å². The molecule has 2 heteroatoms. The number of halogens is 1. The van der Waals surface area contributed by atoms with Crippen LogP contribution in [0.3, 0.4) is 0 Å². The molecule has 0 saturated heterocycles. The van der Waals surface area contributed by atoms with Crippen LogP contribution in [0.25, 0.3) is 0 Å². The zero-order valence-corrected chi connectivity index (χ0v) is 14.9. The molecule has 0 unspecified atom stereocenters. The molecular weight excluding hydrogens is 314 g/mol. The quantitative estimate of drug-likeness (QED) is 0.581. The highest BCUT2D eigenvalue weighted by Crippen LogP contribution is 2.51. The number of benzene rings is 3. The fourth-order valence-corrected chi connectivity index (χ4v) is 6.40. The van der Waals surface area contributed by atoms with Gasteiger partial charge >= 0.3 is 0 Å². The lowest BCUT2D eigenvalue weighted by molar-refractivity contribution is 0.473. The van der Waals surface area contributed by atoms with Crippen molar-refractivity contribution in [3.05, 3.63) is 90.5 Å². The topological polar surface area (TPSA) is 0 Å². The predicted molar refractivity (Wildman–Crippen MR) is 105 cm³/mol. The van der Waals surface area contributed by atoms with Gasteiger partial charge in [0.25, 0.3) is 0 Å². The van der Waals surface area contributed by atoms with Crippen LogP contribution in [0.4, 0.5) is 4.39 Å². The minimum absolute atomic E-state index is 0.256. The molecule has 0 radical (unpaired) electrons. The molecule has 122 valence electrons. The van der Waals surface area contributed by atoms with E-state index < -0.39 is 7.26 Å². The Bertz CT molecular complexity index is 729. The maximum Gasteiger partial charge on any atom is 0.109 e. The second kappa shape index (κ2) is 7.73. The van der Waals surface area contributed by atoms with E-state index in [-0.39, 0.29) is 6.67 Å². The lowest BCUT2D eigenvalue weighted by Gasteiger charge is -2.23. The van der Waals surface area contributed by atoms with E-state index in [0.717, 1.165) is 6.42 Å². The summed E-state index contributed by atoms with van der Waals surface area (Å²) in [4.78, 5) is 0. The molecule has 0 bridgehead atoms. The zero-order valence-electron chi connectivity index (χ0n) is 14.0. The minimum Gasteiger partial charge on any atom is -0.251 e. The molecule has 3 aromatic rings.